The van der Waals surface area contributed by atoms with Crippen molar-refractivity contribution in [2.75, 3.05) is 12.4 Å². The van der Waals surface area contributed by atoms with Crippen LogP contribution in [0, 0.1) is 0 Å². The van der Waals surface area contributed by atoms with E-state index in [4.69, 9.17) is 0 Å². The summed E-state index contributed by atoms with van der Waals surface area (Å²) in [4.78, 5) is 4.41. The molecule has 0 spiro atoms. The van der Waals surface area contributed by atoms with Crippen LogP contribution in [0.1, 0.15) is 25.7 Å². The summed E-state index contributed by atoms with van der Waals surface area (Å²) in [5.74, 6) is -2.06. The molecule has 1 aliphatic heterocycles. The molecule has 0 amide bonds. The summed E-state index contributed by atoms with van der Waals surface area (Å²) in [6.45, 7) is 0. The molecule has 1 fully saturated rings. The summed E-state index contributed by atoms with van der Waals surface area (Å²) < 4.78 is 30.2. The van der Waals surface area contributed by atoms with Gasteiger partial charge in [0, 0.05) is 41.8 Å². The quantitative estimate of drug-likeness (QED) is 0.678. The van der Waals surface area contributed by atoms with Crippen LogP contribution in [-0.2, 0) is 0 Å². The minimum Gasteiger partial charge on any atom is -0.350 e. The minimum atomic E-state index is -2.53. The van der Waals surface area contributed by atoms with E-state index in [0.29, 0.717) is 18.8 Å². The molecule has 1 N–H and O–H groups in total. The lowest BCUT2D eigenvalue weighted by atomic mass is 9.92. The van der Waals surface area contributed by atoms with Gasteiger partial charge in [0.2, 0.25) is 17.6 Å². The second kappa shape index (κ2) is 5.80. The van der Waals surface area contributed by atoms with E-state index in [1.807, 2.05) is 36.1 Å². The maximum atomic E-state index is 13.3. The molecule has 3 heterocycles. The molecule has 138 valence electrons. The largest absolute Gasteiger partial charge is 0.350 e. The number of hydrogen-bond donors (Lipinski definition) is 1. The highest BCUT2D eigenvalue weighted by Gasteiger charge is 2.35. The molecular formula is C19H19F2N6+. The average molecular weight is 369 g/mol. The Kier molecular flexibility index (Phi) is 3.50. The summed E-state index contributed by atoms with van der Waals surface area (Å²) in [7, 11) is 1.92. The zero-order chi connectivity index (χ0) is 18.6. The van der Waals surface area contributed by atoms with Crippen molar-refractivity contribution in [1.29, 1.82) is 0 Å². The van der Waals surface area contributed by atoms with E-state index in [1.54, 1.807) is 10.7 Å². The molecule has 0 radical (unpaired) electrons. The Morgan fingerprint density at radius 3 is 2.81 bits per heavy atom. The lowest BCUT2D eigenvalue weighted by Crippen LogP contribution is -2.32. The first-order valence-corrected chi connectivity index (χ1v) is 9.07. The monoisotopic (exact) mass is 369 g/mol. The number of nitrogens with one attached hydrogen (secondary N) is 1. The van der Waals surface area contributed by atoms with Crippen molar-refractivity contribution in [3.63, 3.8) is 0 Å². The SMILES string of the molecule is C[N+]1=Nc2ccc(-c3ccn4nc(NC5CCC(F)(F)CC5)ncc34)cc21. The number of aromatic nitrogens is 3. The van der Waals surface area contributed by atoms with Gasteiger partial charge in [-0.1, -0.05) is 10.8 Å². The number of alkyl halides is 2. The first-order chi connectivity index (χ1) is 13.0. The third-order valence-electron chi connectivity index (χ3n) is 5.36. The fourth-order valence-corrected chi connectivity index (χ4v) is 3.78. The third-order valence-corrected chi connectivity index (χ3v) is 5.36. The van der Waals surface area contributed by atoms with Gasteiger partial charge in [-0.2, -0.15) is 0 Å². The maximum Gasteiger partial charge on any atom is 0.263 e. The molecule has 2 aromatic heterocycles. The molecule has 1 aromatic carbocycles. The molecule has 2 aliphatic rings. The van der Waals surface area contributed by atoms with Gasteiger partial charge in [-0.05, 0) is 30.5 Å². The maximum absolute atomic E-state index is 13.3. The average Bonchev–Trinajstić information content (AvgIpc) is 3.06. The van der Waals surface area contributed by atoms with Crippen molar-refractivity contribution in [3.05, 3.63) is 36.7 Å². The van der Waals surface area contributed by atoms with Crippen molar-refractivity contribution >= 4 is 22.8 Å². The van der Waals surface area contributed by atoms with Crippen molar-refractivity contribution in [2.45, 2.75) is 37.6 Å². The molecule has 0 bridgehead atoms. The van der Waals surface area contributed by atoms with E-state index in [2.05, 4.69) is 26.6 Å². The molecular weight excluding hydrogens is 350 g/mol. The first kappa shape index (κ1) is 16.3. The van der Waals surface area contributed by atoms with Gasteiger partial charge in [0.05, 0.1) is 11.7 Å². The summed E-state index contributed by atoms with van der Waals surface area (Å²) in [5, 5.41) is 12.0. The predicted octanol–water partition coefficient (Wildman–Crippen LogP) is 4.76. The van der Waals surface area contributed by atoms with Gasteiger partial charge >= 0.3 is 0 Å². The van der Waals surface area contributed by atoms with Crippen LogP contribution in [0.5, 0.6) is 0 Å². The number of hydrogen-bond acceptors (Lipinski definition) is 4. The third kappa shape index (κ3) is 2.85. The van der Waals surface area contributed by atoms with Crippen LogP contribution in [-0.4, -0.2) is 38.3 Å². The Morgan fingerprint density at radius 1 is 1.22 bits per heavy atom. The van der Waals surface area contributed by atoms with Gasteiger partial charge in [0.25, 0.3) is 5.69 Å². The lowest BCUT2D eigenvalue weighted by molar-refractivity contribution is -0.494. The van der Waals surface area contributed by atoms with E-state index in [9.17, 15) is 8.78 Å². The number of azo groups is 2. The molecule has 0 atom stereocenters. The smallest absolute Gasteiger partial charge is 0.263 e. The zero-order valence-electron chi connectivity index (χ0n) is 14.9. The Morgan fingerprint density at radius 2 is 2.04 bits per heavy atom. The molecule has 3 aromatic rings. The summed E-state index contributed by atoms with van der Waals surface area (Å²) >= 11 is 0. The van der Waals surface area contributed by atoms with Gasteiger partial charge in [-0.3, -0.25) is 0 Å². The summed E-state index contributed by atoms with van der Waals surface area (Å²) in [6.07, 6.45) is 4.35. The van der Waals surface area contributed by atoms with Gasteiger partial charge in [-0.15, -0.1) is 5.10 Å². The lowest BCUT2D eigenvalue weighted by Gasteiger charge is -2.28. The molecule has 6 nitrogen and oxygen atoms in total. The van der Waals surface area contributed by atoms with Crippen LogP contribution >= 0.6 is 0 Å². The van der Waals surface area contributed by atoms with E-state index < -0.39 is 5.92 Å². The highest BCUT2D eigenvalue weighted by atomic mass is 19.3. The van der Waals surface area contributed by atoms with Crippen LogP contribution in [0.2, 0.25) is 0 Å². The Hall–Kier alpha value is -2.90. The molecule has 8 heteroatoms. The van der Waals surface area contributed by atoms with Gasteiger partial charge in [0.1, 0.15) is 0 Å². The Balaban J connectivity index is 1.39. The fourth-order valence-electron chi connectivity index (χ4n) is 3.78. The van der Waals surface area contributed by atoms with Gasteiger partial charge in [-0.25, -0.2) is 18.3 Å². The normalized spacial score (nSPS) is 18.7. The number of benzene rings is 1. The number of anilines is 1. The number of nitrogens with zero attached hydrogens (tertiary/aromatic N) is 5. The van der Waals surface area contributed by atoms with Crippen molar-refractivity contribution < 1.29 is 13.5 Å². The van der Waals surface area contributed by atoms with Gasteiger partial charge < -0.3 is 5.32 Å². The topological polar surface area (TPSA) is 57.6 Å². The summed E-state index contributed by atoms with van der Waals surface area (Å²) in [6, 6.07) is 8.14. The molecule has 0 unspecified atom stereocenters. The second-order valence-electron chi connectivity index (χ2n) is 7.24. The molecule has 1 saturated carbocycles. The number of rotatable bonds is 3. The van der Waals surface area contributed by atoms with Crippen LogP contribution in [0.3, 0.4) is 0 Å². The zero-order valence-corrected chi connectivity index (χ0v) is 14.9. The molecule has 27 heavy (non-hydrogen) atoms. The predicted molar refractivity (Wildman–Crippen MR) is 97.2 cm³/mol. The van der Waals surface area contributed by atoms with Crippen LogP contribution in [0.25, 0.3) is 16.6 Å². The van der Waals surface area contributed by atoms with E-state index in [1.165, 1.54) is 0 Å². The van der Waals surface area contributed by atoms with Crippen molar-refractivity contribution in [3.8, 4) is 11.1 Å². The number of halogens is 2. The molecule has 1 aliphatic carbocycles. The van der Waals surface area contributed by atoms with E-state index >= 15 is 0 Å². The van der Waals surface area contributed by atoms with Crippen LogP contribution in [0.4, 0.5) is 26.1 Å². The first-order valence-electron chi connectivity index (χ1n) is 9.07. The highest BCUT2D eigenvalue weighted by Crippen LogP contribution is 2.40. The van der Waals surface area contributed by atoms with Crippen LogP contribution < -0.4 is 5.32 Å². The Bertz CT molecular complexity index is 1060. The highest BCUT2D eigenvalue weighted by molar-refractivity contribution is 5.83. The Labute approximate surface area is 154 Å². The summed E-state index contributed by atoms with van der Waals surface area (Å²) in [5.41, 5.74) is 5.11. The fraction of sp³-hybridized carbons (Fsp3) is 0.368. The molecule has 5 rings (SSSR count). The van der Waals surface area contributed by atoms with Crippen molar-refractivity contribution in [1.82, 2.24) is 14.6 Å². The van der Waals surface area contributed by atoms with Crippen LogP contribution in [0.15, 0.2) is 41.8 Å². The standard InChI is InChI=1S/C19H19F2N6/c1-26-16-10-12(2-3-15(16)24-26)14-6-9-27-17(14)11-22-18(25-27)23-13-4-7-19(20,21)8-5-13/h2-3,6,9-11,13H,4-5,7-8H2,1H3,(H,22,23,25)/q+1. The van der Waals surface area contributed by atoms with E-state index in [0.717, 1.165) is 28.0 Å². The van der Waals surface area contributed by atoms with E-state index in [-0.39, 0.29) is 18.9 Å². The van der Waals surface area contributed by atoms with Gasteiger partial charge in [0.15, 0.2) is 7.05 Å². The second-order valence-corrected chi connectivity index (χ2v) is 7.24. The minimum absolute atomic E-state index is 0.00986. The molecule has 0 saturated heterocycles. The number of fused-ring (bicyclic) bond motifs is 2. The van der Waals surface area contributed by atoms with Crippen molar-refractivity contribution in [2.24, 2.45) is 5.11 Å².